The Morgan fingerprint density at radius 2 is 1.86 bits per heavy atom. The molecule has 2 rings (SSSR count). The van der Waals surface area contributed by atoms with Crippen molar-refractivity contribution < 1.29 is 18.9 Å². The van der Waals surface area contributed by atoms with Gasteiger partial charge in [0.15, 0.2) is 12.1 Å². The summed E-state index contributed by atoms with van der Waals surface area (Å²) in [5, 5.41) is 0. The second-order valence-electron chi connectivity index (χ2n) is 5.81. The van der Waals surface area contributed by atoms with Gasteiger partial charge in [-0.15, -0.1) is 11.8 Å². The molecular weight excluding hydrogens is 268 g/mol. The van der Waals surface area contributed by atoms with Crippen molar-refractivity contribution in [1.29, 1.82) is 0 Å². The van der Waals surface area contributed by atoms with Crippen molar-refractivity contribution in [2.75, 3.05) is 26.4 Å². The van der Waals surface area contributed by atoms with Gasteiger partial charge in [0.1, 0.15) is 0 Å². The summed E-state index contributed by atoms with van der Waals surface area (Å²) in [6.45, 7) is 5.03. The fourth-order valence-corrected chi connectivity index (χ4v) is 2.54. The summed E-state index contributed by atoms with van der Waals surface area (Å²) in [4.78, 5) is 0. The zero-order valence-corrected chi connectivity index (χ0v) is 13.2. The van der Waals surface area contributed by atoms with E-state index < -0.39 is 5.79 Å². The average molecular weight is 296 g/mol. The van der Waals surface area contributed by atoms with Gasteiger partial charge in [0.05, 0.1) is 13.2 Å². The van der Waals surface area contributed by atoms with E-state index in [0.29, 0.717) is 13.2 Å². The van der Waals surface area contributed by atoms with E-state index in [-0.39, 0.29) is 6.29 Å². The maximum absolute atomic E-state index is 5.69. The van der Waals surface area contributed by atoms with Crippen LogP contribution in [0.5, 0.6) is 0 Å². The molecule has 0 spiro atoms. The van der Waals surface area contributed by atoms with E-state index in [1.54, 1.807) is 0 Å². The number of hydrogen-bond donors (Lipinski definition) is 0. The largest absolute Gasteiger partial charge is 0.353 e. The van der Waals surface area contributed by atoms with Crippen molar-refractivity contribution in [2.45, 2.75) is 70.4 Å². The lowest BCUT2D eigenvalue weighted by Crippen LogP contribution is -2.24. The first-order valence-corrected chi connectivity index (χ1v) is 8.25. The molecule has 0 saturated carbocycles. The Balaban J connectivity index is 1.42. The van der Waals surface area contributed by atoms with Crippen molar-refractivity contribution in [3.63, 3.8) is 0 Å². The minimum absolute atomic E-state index is 0.0389. The van der Waals surface area contributed by atoms with Crippen molar-refractivity contribution >= 4 is 0 Å². The van der Waals surface area contributed by atoms with Gasteiger partial charge in [-0.1, -0.05) is 0 Å². The van der Waals surface area contributed by atoms with Gasteiger partial charge >= 0.3 is 0 Å². The minimum atomic E-state index is -0.400. The molecule has 120 valence electrons. The second-order valence-corrected chi connectivity index (χ2v) is 5.81. The molecule has 2 aliphatic rings. The summed E-state index contributed by atoms with van der Waals surface area (Å²) < 4.78 is 22.3. The van der Waals surface area contributed by atoms with Gasteiger partial charge in [-0.05, 0) is 39.0 Å². The predicted molar refractivity (Wildman–Crippen MR) is 80.7 cm³/mol. The van der Waals surface area contributed by atoms with E-state index >= 15 is 0 Å². The lowest BCUT2D eigenvalue weighted by Gasteiger charge is -2.22. The monoisotopic (exact) mass is 296 g/mol. The Morgan fingerprint density at radius 3 is 2.62 bits per heavy atom. The van der Waals surface area contributed by atoms with Crippen molar-refractivity contribution in [2.24, 2.45) is 0 Å². The van der Waals surface area contributed by atoms with E-state index in [1.807, 2.05) is 6.92 Å². The van der Waals surface area contributed by atoms with Crippen LogP contribution >= 0.6 is 0 Å². The summed E-state index contributed by atoms with van der Waals surface area (Å²) in [7, 11) is 0. The van der Waals surface area contributed by atoms with E-state index in [1.165, 1.54) is 12.8 Å². The summed E-state index contributed by atoms with van der Waals surface area (Å²) >= 11 is 0. The van der Waals surface area contributed by atoms with Crippen molar-refractivity contribution in [3.8, 4) is 11.8 Å². The van der Waals surface area contributed by atoms with Crippen LogP contribution in [0.1, 0.15) is 58.3 Å². The predicted octanol–water partition coefficient (Wildman–Crippen LogP) is 3.25. The van der Waals surface area contributed by atoms with Crippen LogP contribution in [0.3, 0.4) is 0 Å². The highest BCUT2D eigenvalue weighted by atomic mass is 16.7. The molecule has 0 amide bonds. The highest BCUT2D eigenvalue weighted by Gasteiger charge is 2.29. The first kappa shape index (κ1) is 16.8. The Labute approximate surface area is 128 Å². The zero-order chi connectivity index (χ0) is 14.8. The third-order valence-electron chi connectivity index (χ3n) is 3.86. The van der Waals surface area contributed by atoms with Gasteiger partial charge < -0.3 is 18.9 Å². The van der Waals surface area contributed by atoms with E-state index in [0.717, 1.165) is 51.7 Å². The maximum atomic E-state index is 5.69. The van der Waals surface area contributed by atoms with Crippen molar-refractivity contribution in [1.82, 2.24) is 0 Å². The summed E-state index contributed by atoms with van der Waals surface area (Å²) in [5.74, 6) is 6.02. The van der Waals surface area contributed by atoms with Gasteiger partial charge in [-0.3, -0.25) is 0 Å². The zero-order valence-electron chi connectivity index (χ0n) is 13.2. The topological polar surface area (TPSA) is 36.9 Å². The van der Waals surface area contributed by atoms with E-state index in [4.69, 9.17) is 18.9 Å². The molecule has 21 heavy (non-hydrogen) atoms. The molecule has 4 nitrogen and oxygen atoms in total. The first-order valence-electron chi connectivity index (χ1n) is 8.25. The number of hydrogen-bond acceptors (Lipinski definition) is 4. The third-order valence-corrected chi connectivity index (χ3v) is 3.86. The van der Waals surface area contributed by atoms with Gasteiger partial charge in [-0.25, -0.2) is 0 Å². The smallest absolute Gasteiger partial charge is 0.166 e. The quantitative estimate of drug-likeness (QED) is 0.534. The van der Waals surface area contributed by atoms with Crippen LogP contribution < -0.4 is 0 Å². The van der Waals surface area contributed by atoms with E-state index in [9.17, 15) is 0 Å². The molecule has 0 aliphatic carbocycles. The number of unbranched alkanes of at least 4 members (excludes halogenated alkanes) is 2. The van der Waals surface area contributed by atoms with Gasteiger partial charge in [-0.2, -0.15) is 0 Å². The average Bonchev–Trinajstić information content (AvgIpc) is 2.93. The SMILES string of the molecule is CC1(CCC#CCCCCO[C@H]2CCCCO2)OCCO1. The van der Waals surface area contributed by atoms with Crippen LogP contribution in [0, 0.1) is 11.8 Å². The molecule has 2 saturated heterocycles. The van der Waals surface area contributed by atoms with Crippen LogP contribution in [0.15, 0.2) is 0 Å². The standard InChI is InChI=1S/C17H28O4/c1-17(20-14-15-21-17)11-7-4-2-3-5-8-12-18-16-10-6-9-13-19-16/h16H,3,5-15H2,1H3/t16-/m1/s1. The molecule has 2 fully saturated rings. The summed E-state index contributed by atoms with van der Waals surface area (Å²) in [6, 6.07) is 0. The van der Waals surface area contributed by atoms with Gasteiger partial charge in [0, 0.05) is 32.5 Å². The van der Waals surface area contributed by atoms with Crippen LogP contribution in [0.2, 0.25) is 0 Å². The molecule has 0 aromatic carbocycles. The van der Waals surface area contributed by atoms with E-state index in [2.05, 4.69) is 11.8 Å². The lowest BCUT2D eigenvalue weighted by molar-refractivity contribution is -0.162. The fourth-order valence-electron chi connectivity index (χ4n) is 2.54. The highest BCUT2D eigenvalue weighted by Crippen LogP contribution is 2.23. The third kappa shape index (κ3) is 6.80. The van der Waals surface area contributed by atoms with Crippen LogP contribution in [0.25, 0.3) is 0 Å². The van der Waals surface area contributed by atoms with Crippen LogP contribution in [0.4, 0.5) is 0 Å². The second kappa shape index (κ2) is 9.42. The van der Waals surface area contributed by atoms with Crippen LogP contribution in [-0.2, 0) is 18.9 Å². The van der Waals surface area contributed by atoms with Gasteiger partial charge in [0.2, 0.25) is 0 Å². The molecule has 0 aromatic heterocycles. The molecule has 0 unspecified atom stereocenters. The fraction of sp³-hybridized carbons (Fsp3) is 0.882. The summed E-state index contributed by atoms with van der Waals surface area (Å²) in [6.07, 6.45) is 8.24. The first-order chi connectivity index (χ1) is 10.3. The Bertz CT molecular complexity index is 332. The Hall–Kier alpha value is -0.600. The molecular formula is C17H28O4. The molecule has 0 N–H and O–H groups in total. The molecule has 4 heteroatoms. The lowest BCUT2D eigenvalue weighted by atomic mass is 10.1. The highest BCUT2D eigenvalue weighted by molar-refractivity contribution is 4.99. The molecule has 0 aromatic rings. The number of rotatable bonds is 7. The molecule has 0 radical (unpaired) electrons. The molecule has 1 atom stereocenters. The minimum Gasteiger partial charge on any atom is -0.353 e. The Kier molecular flexibility index (Phi) is 7.52. The molecule has 2 aliphatic heterocycles. The molecule has 2 heterocycles. The maximum Gasteiger partial charge on any atom is 0.166 e. The van der Waals surface area contributed by atoms with Gasteiger partial charge in [0.25, 0.3) is 0 Å². The van der Waals surface area contributed by atoms with Crippen molar-refractivity contribution in [3.05, 3.63) is 0 Å². The number of ether oxygens (including phenoxy) is 4. The summed E-state index contributed by atoms with van der Waals surface area (Å²) in [5.41, 5.74) is 0. The molecule has 0 bridgehead atoms. The Morgan fingerprint density at radius 1 is 1.05 bits per heavy atom. The normalized spacial score (nSPS) is 24.5. The van der Waals surface area contributed by atoms with Crippen LogP contribution in [-0.4, -0.2) is 38.5 Å².